The Labute approximate surface area is 249 Å². The van der Waals surface area contributed by atoms with Gasteiger partial charge in [-0.25, -0.2) is 9.07 Å². The van der Waals surface area contributed by atoms with Crippen LogP contribution in [0.3, 0.4) is 0 Å². The molecule has 1 unspecified atom stereocenters. The third-order valence-electron chi connectivity index (χ3n) is 7.90. The van der Waals surface area contributed by atoms with E-state index in [-0.39, 0.29) is 41.2 Å². The van der Waals surface area contributed by atoms with Crippen molar-refractivity contribution >= 4 is 29.4 Å². The fraction of sp³-hybridized carbons (Fsp3) is 0.303. The van der Waals surface area contributed by atoms with Gasteiger partial charge in [0, 0.05) is 22.7 Å². The molecule has 6 rings (SSSR count). The number of methoxy groups -OCH3 is 1. The number of nitrogens with one attached hydrogen (secondary N) is 1. The molecule has 9 heteroatoms. The summed E-state index contributed by atoms with van der Waals surface area (Å²) in [4.78, 5) is 28.9. The maximum atomic E-state index is 14.0. The molecule has 0 radical (unpaired) electrons. The molecule has 1 saturated carbocycles. The first-order valence-corrected chi connectivity index (χ1v) is 15.4. The van der Waals surface area contributed by atoms with E-state index in [1.165, 1.54) is 30.3 Å². The number of benzene rings is 3. The van der Waals surface area contributed by atoms with Crippen molar-refractivity contribution in [2.24, 2.45) is 0 Å². The molecule has 1 fully saturated rings. The Morgan fingerprint density at radius 1 is 1.00 bits per heavy atom. The van der Waals surface area contributed by atoms with Gasteiger partial charge in [-0.1, -0.05) is 67.8 Å². The number of halogens is 1. The van der Waals surface area contributed by atoms with E-state index in [2.05, 4.69) is 5.32 Å². The second-order valence-corrected chi connectivity index (χ2v) is 11.7. The van der Waals surface area contributed by atoms with Gasteiger partial charge in [0.05, 0.1) is 29.5 Å². The monoisotopic (exact) mass is 584 g/mol. The van der Waals surface area contributed by atoms with Crippen LogP contribution in [0.25, 0.3) is 16.9 Å². The van der Waals surface area contributed by atoms with Crippen LogP contribution in [-0.2, 0) is 9.59 Å². The summed E-state index contributed by atoms with van der Waals surface area (Å²) in [5, 5.41) is 7.90. The largest absolute Gasteiger partial charge is 0.496 e. The Morgan fingerprint density at radius 3 is 2.45 bits per heavy atom. The highest BCUT2D eigenvalue weighted by molar-refractivity contribution is 8.00. The Bertz CT molecular complexity index is 1570. The van der Waals surface area contributed by atoms with E-state index in [9.17, 15) is 14.0 Å². The minimum Gasteiger partial charge on any atom is -0.496 e. The van der Waals surface area contributed by atoms with Crippen LogP contribution in [0.5, 0.6) is 5.75 Å². The van der Waals surface area contributed by atoms with E-state index in [0.29, 0.717) is 22.9 Å². The zero-order valence-corrected chi connectivity index (χ0v) is 24.3. The third kappa shape index (κ3) is 5.66. The van der Waals surface area contributed by atoms with E-state index in [0.717, 1.165) is 42.4 Å². The van der Waals surface area contributed by atoms with Crippen molar-refractivity contribution in [3.63, 3.8) is 0 Å². The summed E-state index contributed by atoms with van der Waals surface area (Å²) in [6, 6.07) is 23.7. The van der Waals surface area contributed by atoms with Crippen molar-refractivity contribution in [2.75, 3.05) is 24.3 Å². The molecule has 2 amide bonds. The Hall–Kier alpha value is -4.11. The second-order valence-electron chi connectivity index (χ2n) is 10.7. The highest BCUT2D eigenvalue weighted by atomic mass is 32.2. The van der Waals surface area contributed by atoms with E-state index < -0.39 is 0 Å². The van der Waals surface area contributed by atoms with Crippen molar-refractivity contribution in [3.05, 3.63) is 95.8 Å². The molecule has 1 atom stereocenters. The fourth-order valence-electron chi connectivity index (χ4n) is 5.88. The van der Waals surface area contributed by atoms with Gasteiger partial charge in [0.2, 0.25) is 11.8 Å². The lowest BCUT2D eigenvalue weighted by molar-refractivity contribution is -0.123. The van der Waals surface area contributed by atoms with Gasteiger partial charge in [0.1, 0.15) is 23.9 Å². The van der Waals surface area contributed by atoms with Gasteiger partial charge in [-0.15, -0.1) is 11.8 Å². The number of nitrogens with zero attached hydrogens (tertiary/aromatic N) is 3. The lowest BCUT2D eigenvalue weighted by atomic mass is 9.95. The maximum Gasteiger partial charge on any atom is 0.240 e. The number of hydrogen-bond acceptors (Lipinski definition) is 5. The molecular weight excluding hydrogens is 551 g/mol. The van der Waals surface area contributed by atoms with Gasteiger partial charge in [-0.05, 0) is 43.2 Å². The number of anilines is 1. The minimum absolute atomic E-state index is 0.116. The van der Waals surface area contributed by atoms with Crippen LogP contribution in [0, 0.1) is 5.82 Å². The number of aromatic nitrogens is 2. The highest BCUT2D eigenvalue weighted by Gasteiger charge is 2.38. The first-order valence-electron chi connectivity index (χ1n) is 14.3. The molecule has 0 saturated heterocycles. The molecule has 4 aromatic rings. The summed E-state index contributed by atoms with van der Waals surface area (Å²) in [6.07, 6.45) is 5.26. The number of rotatable bonds is 7. The topological polar surface area (TPSA) is 76.5 Å². The smallest absolute Gasteiger partial charge is 0.240 e. The number of carbonyl (C=O) groups is 2. The average Bonchev–Trinajstić information content (AvgIpc) is 3.35. The first-order chi connectivity index (χ1) is 20.5. The zero-order chi connectivity index (χ0) is 29.1. The van der Waals surface area contributed by atoms with Crippen LogP contribution in [0.2, 0.25) is 0 Å². The normalized spacial score (nSPS) is 17.4. The molecule has 1 aromatic heterocycles. The van der Waals surface area contributed by atoms with Crippen LogP contribution >= 0.6 is 11.8 Å². The Kier molecular flexibility index (Phi) is 8.28. The van der Waals surface area contributed by atoms with Gasteiger partial charge < -0.3 is 10.1 Å². The number of ether oxygens (including phenoxy) is 1. The fourth-order valence-corrected chi connectivity index (χ4v) is 7.11. The molecule has 1 N–H and O–H groups in total. The van der Waals surface area contributed by atoms with Crippen molar-refractivity contribution < 1.29 is 18.7 Å². The molecule has 216 valence electrons. The van der Waals surface area contributed by atoms with Crippen molar-refractivity contribution in [3.8, 4) is 22.7 Å². The summed E-state index contributed by atoms with van der Waals surface area (Å²) in [5.74, 6) is 0.597. The molecule has 0 spiro atoms. The Morgan fingerprint density at radius 2 is 1.71 bits per heavy atom. The number of amides is 2. The van der Waals surface area contributed by atoms with E-state index >= 15 is 0 Å². The Balaban J connectivity index is 1.55. The van der Waals surface area contributed by atoms with Gasteiger partial charge in [0.25, 0.3) is 0 Å². The first kappa shape index (κ1) is 28.0. The van der Waals surface area contributed by atoms with Crippen molar-refractivity contribution in [1.82, 2.24) is 15.1 Å². The third-order valence-corrected chi connectivity index (χ3v) is 9.14. The van der Waals surface area contributed by atoms with Crippen molar-refractivity contribution in [2.45, 2.75) is 43.4 Å². The summed E-state index contributed by atoms with van der Waals surface area (Å²) in [5.41, 5.74) is 3.85. The van der Waals surface area contributed by atoms with Crippen LogP contribution in [0.15, 0.2) is 78.9 Å². The van der Waals surface area contributed by atoms with Crippen LogP contribution in [0.1, 0.15) is 48.5 Å². The molecule has 0 bridgehead atoms. The number of fused-ring (bicyclic) bond motifs is 1. The number of hydrogen-bond donors (Lipinski definition) is 1. The van der Waals surface area contributed by atoms with Crippen LogP contribution < -0.4 is 15.0 Å². The standard InChI is InChI=1S/C33H33FN4O3S/c1-41-27-15-9-8-14-26(27)32-30-31(22-10-4-2-5-11-22)36-38(25-18-16-23(34)17-19-25)33(30)37(29(40)21-42-32)20-28(39)35-24-12-6-3-7-13-24/h2,4-5,8-11,14-19,24,32H,3,6-7,12-13,20-21H2,1H3,(H,35,39). The average molecular weight is 585 g/mol. The summed E-state index contributed by atoms with van der Waals surface area (Å²) < 4.78 is 21.5. The lowest BCUT2D eigenvalue weighted by Crippen LogP contribution is -2.46. The number of thioether (sulfide) groups is 1. The molecular formula is C33H33FN4O3S. The summed E-state index contributed by atoms with van der Waals surface area (Å²) >= 11 is 1.49. The van der Waals surface area contributed by atoms with E-state index in [1.807, 2.05) is 54.6 Å². The van der Waals surface area contributed by atoms with Gasteiger partial charge in [-0.3, -0.25) is 14.5 Å². The van der Waals surface area contributed by atoms with Gasteiger partial charge in [-0.2, -0.15) is 5.10 Å². The lowest BCUT2D eigenvalue weighted by Gasteiger charge is -2.26. The zero-order valence-electron chi connectivity index (χ0n) is 23.5. The summed E-state index contributed by atoms with van der Waals surface area (Å²) in [6.45, 7) is -0.136. The highest BCUT2D eigenvalue weighted by Crippen LogP contribution is 2.50. The summed E-state index contributed by atoms with van der Waals surface area (Å²) in [7, 11) is 1.63. The quantitative estimate of drug-likeness (QED) is 0.276. The predicted molar refractivity (Wildman–Crippen MR) is 164 cm³/mol. The molecule has 42 heavy (non-hydrogen) atoms. The van der Waals surface area contributed by atoms with Gasteiger partial charge in [0.15, 0.2) is 0 Å². The molecule has 1 aliphatic carbocycles. The van der Waals surface area contributed by atoms with Gasteiger partial charge >= 0.3 is 0 Å². The molecule has 3 aromatic carbocycles. The predicted octanol–water partition coefficient (Wildman–Crippen LogP) is 6.31. The van der Waals surface area contributed by atoms with Crippen molar-refractivity contribution in [1.29, 1.82) is 0 Å². The maximum absolute atomic E-state index is 14.0. The van der Waals surface area contributed by atoms with E-state index in [1.54, 1.807) is 28.8 Å². The minimum atomic E-state index is -0.373. The molecule has 2 heterocycles. The molecule has 1 aliphatic heterocycles. The van der Waals surface area contributed by atoms with E-state index in [4.69, 9.17) is 9.84 Å². The number of carbonyl (C=O) groups excluding carboxylic acids is 2. The molecule has 7 nitrogen and oxygen atoms in total. The molecule has 2 aliphatic rings. The van der Waals surface area contributed by atoms with Crippen LogP contribution in [-0.4, -0.2) is 47.0 Å². The number of para-hydroxylation sites is 1. The van der Waals surface area contributed by atoms with Crippen LogP contribution in [0.4, 0.5) is 10.2 Å². The SMILES string of the molecule is COc1ccccc1C1SCC(=O)N(CC(=O)NC2CCCCC2)c2c1c(-c1ccccc1)nn2-c1ccc(F)cc1. The second kappa shape index (κ2) is 12.4.